The Morgan fingerprint density at radius 1 is 1.07 bits per heavy atom. The number of anilines is 1. The van der Waals surface area contributed by atoms with E-state index >= 15 is 0 Å². The Morgan fingerprint density at radius 2 is 1.74 bits per heavy atom. The highest BCUT2D eigenvalue weighted by molar-refractivity contribution is 6.30. The average Bonchev–Trinajstić information content (AvgIpc) is 2.65. The molecule has 0 atom stereocenters. The third kappa shape index (κ3) is 4.75. The lowest BCUT2D eigenvalue weighted by Gasteiger charge is -2.32. The molecule has 0 unspecified atom stereocenters. The van der Waals surface area contributed by atoms with Crippen LogP contribution >= 0.6 is 11.6 Å². The monoisotopic (exact) mass is 387 g/mol. The quantitative estimate of drug-likeness (QED) is 0.818. The van der Waals surface area contributed by atoms with Crippen LogP contribution in [-0.4, -0.2) is 32.9 Å². The minimum absolute atomic E-state index is 0.0680. The lowest BCUT2D eigenvalue weighted by atomic mass is 9.86. The van der Waals surface area contributed by atoms with Crippen molar-refractivity contribution in [2.24, 2.45) is 0 Å². The predicted octanol–water partition coefficient (Wildman–Crippen LogP) is 3.65. The number of nitrogens with one attached hydrogen (secondary N) is 2. The summed E-state index contributed by atoms with van der Waals surface area (Å²) >= 11 is 6.13. The number of pyridine rings is 1. The van der Waals surface area contributed by atoms with Gasteiger partial charge in [0.15, 0.2) is 5.15 Å². The molecule has 2 aromatic rings. The van der Waals surface area contributed by atoms with Crippen LogP contribution in [0.5, 0.6) is 0 Å². The molecule has 0 spiro atoms. The Hall–Kier alpha value is -2.21. The Bertz CT molecular complexity index is 785. The third-order valence-electron chi connectivity index (χ3n) is 5.14. The van der Waals surface area contributed by atoms with Gasteiger partial charge in [-0.3, -0.25) is 9.78 Å². The van der Waals surface area contributed by atoms with Gasteiger partial charge in [0, 0.05) is 30.7 Å². The minimum atomic E-state index is -0.827. The number of nitrogens with zero attached hydrogens (tertiary/aromatic N) is 3. The summed E-state index contributed by atoms with van der Waals surface area (Å²) in [6.45, 7) is 5.68. The van der Waals surface area contributed by atoms with Gasteiger partial charge in [0.1, 0.15) is 5.82 Å². The zero-order valence-electron chi connectivity index (χ0n) is 16.0. The van der Waals surface area contributed by atoms with Gasteiger partial charge >= 0.3 is 0 Å². The number of rotatable bonds is 5. The molecule has 0 aromatic carbocycles. The van der Waals surface area contributed by atoms with Crippen molar-refractivity contribution >= 4 is 23.3 Å². The van der Waals surface area contributed by atoms with Gasteiger partial charge in [0.2, 0.25) is 5.91 Å². The molecule has 0 saturated heterocycles. The molecule has 27 heavy (non-hydrogen) atoms. The SMILES string of the molecule is Cc1ccc(NC2CCC(NC(=O)C(C)(C)c3nccnc3Cl)CC2)nc1. The van der Waals surface area contributed by atoms with Crippen molar-refractivity contribution in [1.29, 1.82) is 0 Å². The van der Waals surface area contributed by atoms with Crippen LogP contribution in [0.3, 0.4) is 0 Å². The molecular weight excluding hydrogens is 362 g/mol. The van der Waals surface area contributed by atoms with Crippen LogP contribution in [0.25, 0.3) is 0 Å². The summed E-state index contributed by atoms with van der Waals surface area (Å²) in [5.41, 5.74) is 0.828. The van der Waals surface area contributed by atoms with Crippen molar-refractivity contribution in [3.8, 4) is 0 Å². The highest BCUT2D eigenvalue weighted by atomic mass is 35.5. The molecule has 144 valence electrons. The third-order valence-corrected chi connectivity index (χ3v) is 5.42. The molecule has 6 nitrogen and oxygen atoms in total. The van der Waals surface area contributed by atoms with Crippen molar-refractivity contribution in [1.82, 2.24) is 20.3 Å². The average molecular weight is 388 g/mol. The molecule has 1 saturated carbocycles. The molecule has 0 radical (unpaired) electrons. The molecule has 1 fully saturated rings. The molecule has 2 aromatic heterocycles. The van der Waals surface area contributed by atoms with E-state index in [0.29, 0.717) is 11.7 Å². The zero-order valence-corrected chi connectivity index (χ0v) is 16.8. The van der Waals surface area contributed by atoms with Crippen molar-refractivity contribution in [3.63, 3.8) is 0 Å². The van der Waals surface area contributed by atoms with E-state index in [-0.39, 0.29) is 17.1 Å². The second-order valence-electron chi connectivity index (χ2n) is 7.71. The second-order valence-corrected chi connectivity index (χ2v) is 8.07. The zero-order chi connectivity index (χ0) is 19.4. The van der Waals surface area contributed by atoms with Crippen LogP contribution in [0.1, 0.15) is 50.8 Å². The smallest absolute Gasteiger partial charge is 0.232 e. The van der Waals surface area contributed by atoms with Crippen molar-refractivity contribution in [2.45, 2.75) is 64.0 Å². The van der Waals surface area contributed by atoms with Gasteiger partial charge in [-0.1, -0.05) is 17.7 Å². The van der Waals surface area contributed by atoms with Gasteiger partial charge < -0.3 is 10.6 Å². The molecule has 2 heterocycles. The molecular formula is C20H26ClN5O. The number of amides is 1. The molecule has 0 aliphatic heterocycles. The largest absolute Gasteiger partial charge is 0.367 e. The Balaban J connectivity index is 1.53. The van der Waals surface area contributed by atoms with Gasteiger partial charge in [-0.05, 0) is 58.1 Å². The van der Waals surface area contributed by atoms with Crippen LogP contribution in [0.4, 0.5) is 5.82 Å². The summed E-state index contributed by atoms with van der Waals surface area (Å²) in [6.07, 6.45) is 8.80. The van der Waals surface area contributed by atoms with Crippen LogP contribution in [0, 0.1) is 6.92 Å². The number of carbonyl (C=O) groups is 1. The number of hydrogen-bond acceptors (Lipinski definition) is 5. The first-order valence-corrected chi connectivity index (χ1v) is 9.71. The maximum absolute atomic E-state index is 12.8. The number of aromatic nitrogens is 3. The first-order valence-electron chi connectivity index (χ1n) is 9.33. The molecule has 7 heteroatoms. The normalized spacial score (nSPS) is 20.1. The van der Waals surface area contributed by atoms with E-state index in [0.717, 1.165) is 37.1 Å². The summed E-state index contributed by atoms with van der Waals surface area (Å²) in [5.74, 6) is 0.841. The molecule has 3 rings (SSSR count). The van der Waals surface area contributed by atoms with Gasteiger partial charge in [0.25, 0.3) is 0 Å². The summed E-state index contributed by atoms with van der Waals surface area (Å²) < 4.78 is 0. The summed E-state index contributed by atoms with van der Waals surface area (Å²) in [6, 6.07) is 4.61. The van der Waals surface area contributed by atoms with Gasteiger partial charge in [-0.25, -0.2) is 9.97 Å². The van der Waals surface area contributed by atoms with E-state index in [9.17, 15) is 4.79 Å². The summed E-state index contributed by atoms with van der Waals surface area (Å²) in [4.78, 5) is 25.5. The molecule has 1 amide bonds. The fourth-order valence-corrected chi connectivity index (χ4v) is 3.70. The summed E-state index contributed by atoms with van der Waals surface area (Å²) in [7, 11) is 0. The van der Waals surface area contributed by atoms with Crippen LogP contribution in [0.2, 0.25) is 5.15 Å². The first-order chi connectivity index (χ1) is 12.9. The minimum Gasteiger partial charge on any atom is -0.367 e. The lowest BCUT2D eigenvalue weighted by Crippen LogP contribution is -2.47. The lowest BCUT2D eigenvalue weighted by molar-refractivity contribution is -0.126. The topological polar surface area (TPSA) is 79.8 Å². The first kappa shape index (κ1) is 19.5. The van der Waals surface area contributed by atoms with Crippen molar-refractivity contribution in [2.75, 3.05) is 5.32 Å². The second kappa shape index (κ2) is 8.21. The van der Waals surface area contributed by atoms with Crippen molar-refractivity contribution < 1.29 is 4.79 Å². The Morgan fingerprint density at radius 3 is 2.37 bits per heavy atom. The van der Waals surface area contributed by atoms with Gasteiger partial charge in [-0.15, -0.1) is 0 Å². The Kier molecular flexibility index (Phi) is 5.95. The van der Waals surface area contributed by atoms with Crippen molar-refractivity contribution in [3.05, 3.63) is 47.1 Å². The molecule has 2 N–H and O–H groups in total. The fraction of sp³-hybridized carbons (Fsp3) is 0.500. The van der Waals surface area contributed by atoms with Crippen LogP contribution < -0.4 is 10.6 Å². The predicted molar refractivity (Wildman–Crippen MR) is 107 cm³/mol. The standard InChI is InChI=1S/C20H26ClN5O/c1-13-4-9-16(24-12-13)25-14-5-7-15(8-6-14)26-19(27)20(2,3)17-18(21)23-11-10-22-17/h4,9-12,14-15H,5-8H2,1-3H3,(H,24,25)(H,26,27). The fourth-order valence-electron chi connectivity index (χ4n) is 3.36. The number of carbonyl (C=O) groups excluding carboxylic acids is 1. The molecule has 1 aliphatic carbocycles. The van der Waals surface area contributed by atoms with E-state index in [4.69, 9.17) is 11.6 Å². The molecule has 1 aliphatic rings. The number of aryl methyl sites for hydroxylation is 1. The van der Waals surface area contributed by atoms with E-state index in [1.807, 2.05) is 33.0 Å². The highest BCUT2D eigenvalue weighted by Crippen LogP contribution is 2.28. The van der Waals surface area contributed by atoms with Gasteiger partial charge in [0.05, 0.1) is 11.1 Å². The van der Waals surface area contributed by atoms with Gasteiger partial charge in [-0.2, -0.15) is 0 Å². The Labute approximate surface area is 165 Å². The van der Waals surface area contributed by atoms with Crippen LogP contribution in [0.15, 0.2) is 30.7 Å². The van der Waals surface area contributed by atoms with Crippen LogP contribution in [-0.2, 0) is 10.2 Å². The summed E-state index contributed by atoms with van der Waals surface area (Å²) in [5, 5.41) is 6.93. The molecule has 0 bridgehead atoms. The maximum atomic E-state index is 12.8. The van der Waals surface area contributed by atoms with E-state index < -0.39 is 5.41 Å². The highest BCUT2D eigenvalue weighted by Gasteiger charge is 2.35. The number of halogens is 1. The van der Waals surface area contributed by atoms with E-state index in [1.165, 1.54) is 6.20 Å². The number of hydrogen-bond donors (Lipinski definition) is 2. The van der Waals surface area contributed by atoms with E-state index in [1.54, 1.807) is 6.20 Å². The maximum Gasteiger partial charge on any atom is 0.232 e. The van der Waals surface area contributed by atoms with E-state index in [2.05, 4.69) is 31.7 Å².